The van der Waals surface area contributed by atoms with E-state index < -0.39 is 11.6 Å². The number of rotatable bonds is 18. The molecule has 1 atom stereocenters. The number of carboxylic acids is 1. The number of hydrogen-bond donors (Lipinski definition) is 2. The van der Waals surface area contributed by atoms with Gasteiger partial charge in [-0.05, 0) is 44.1 Å². The highest BCUT2D eigenvalue weighted by Gasteiger charge is 2.37. The lowest BCUT2D eigenvalue weighted by atomic mass is 9.88. The highest BCUT2D eigenvalue weighted by Crippen LogP contribution is 2.28. The molecule has 1 aromatic carbocycles. The van der Waals surface area contributed by atoms with Crippen molar-refractivity contribution in [1.82, 2.24) is 0 Å². The van der Waals surface area contributed by atoms with E-state index in [1.807, 2.05) is 6.07 Å². The third kappa shape index (κ3) is 11.2. The standard InChI is InChI=1S/C26H42O3/c1-2-3-4-5-6-7-8-9-10-11-12-13-14-15-16-20-23-26(29,25(27)28)24-21-18-17-19-22-24/h9-10,17-19,21-22,29H,2-8,11-16,20,23H2,1H3,(H,27,28). The SMILES string of the molecule is CCCCCCCCC=CCCCCCCCCC(O)(C(=O)O)c1ccccc1. The molecule has 3 heteroatoms. The Labute approximate surface area is 178 Å². The van der Waals surface area contributed by atoms with Crippen molar-refractivity contribution in [2.75, 3.05) is 0 Å². The molecule has 2 N–H and O–H groups in total. The Morgan fingerprint density at radius 2 is 1.28 bits per heavy atom. The van der Waals surface area contributed by atoms with E-state index in [0.717, 1.165) is 19.3 Å². The fraction of sp³-hybridized carbons (Fsp3) is 0.654. The van der Waals surface area contributed by atoms with Crippen LogP contribution in [0.3, 0.4) is 0 Å². The number of aliphatic carboxylic acids is 1. The summed E-state index contributed by atoms with van der Waals surface area (Å²) in [4.78, 5) is 11.6. The minimum atomic E-state index is -1.76. The van der Waals surface area contributed by atoms with E-state index in [-0.39, 0.29) is 6.42 Å². The number of carboxylic acid groups (broad SMARTS) is 1. The summed E-state index contributed by atoms with van der Waals surface area (Å²) in [6, 6.07) is 8.74. The molecule has 3 nitrogen and oxygen atoms in total. The molecule has 1 unspecified atom stereocenters. The van der Waals surface area contributed by atoms with Crippen LogP contribution in [-0.2, 0) is 10.4 Å². The first-order valence-corrected chi connectivity index (χ1v) is 11.8. The van der Waals surface area contributed by atoms with E-state index in [4.69, 9.17) is 0 Å². The first-order valence-electron chi connectivity index (χ1n) is 11.8. The molecule has 0 amide bonds. The van der Waals surface area contributed by atoms with E-state index in [0.29, 0.717) is 5.56 Å². The van der Waals surface area contributed by atoms with Crippen molar-refractivity contribution >= 4 is 5.97 Å². The molecule has 1 aromatic rings. The average Bonchev–Trinajstić information content (AvgIpc) is 2.73. The maximum Gasteiger partial charge on any atom is 0.340 e. The molecule has 0 aliphatic carbocycles. The zero-order chi connectivity index (χ0) is 21.2. The summed E-state index contributed by atoms with van der Waals surface area (Å²) in [5.74, 6) is -1.16. The van der Waals surface area contributed by atoms with Gasteiger partial charge in [-0.1, -0.05) is 107 Å². The van der Waals surface area contributed by atoms with Crippen molar-refractivity contribution in [3.05, 3.63) is 48.0 Å². The van der Waals surface area contributed by atoms with Gasteiger partial charge in [0.25, 0.3) is 0 Å². The van der Waals surface area contributed by atoms with E-state index >= 15 is 0 Å². The number of unbranched alkanes of at least 4 members (excludes halogenated alkanes) is 12. The van der Waals surface area contributed by atoms with Crippen molar-refractivity contribution in [2.45, 2.75) is 109 Å². The van der Waals surface area contributed by atoms with Gasteiger partial charge in [0, 0.05) is 0 Å². The molecule has 29 heavy (non-hydrogen) atoms. The Bertz CT molecular complexity index is 552. The second-order valence-electron chi connectivity index (χ2n) is 8.22. The van der Waals surface area contributed by atoms with E-state index in [9.17, 15) is 15.0 Å². The summed E-state index contributed by atoms with van der Waals surface area (Å²) in [7, 11) is 0. The summed E-state index contributed by atoms with van der Waals surface area (Å²) >= 11 is 0. The maximum absolute atomic E-state index is 11.6. The van der Waals surface area contributed by atoms with Crippen molar-refractivity contribution in [3.63, 3.8) is 0 Å². The Morgan fingerprint density at radius 3 is 1.79 bits per heavy atom. The number of benzene rings is 1. The van der Waals surface area contributed by atoms with Crippen LogP contribution in [0.1, 0.15) is 109 Å². The molecular weight excluding hydrogens is 360 g/mol. The molecule has 0 aliphatic rings. The van der Waals surface area contributed by atoms with Crippen LogP contribution in [0.4, 0.5) is 0 Å². The highest BCUT2D eigenvalue weighted by atomic mass is 16.4. The average molecular weight is 403 g/mol. The number of hydrogen-bond acceptors (Lipinski definition) is 2. The van der Waals surface area contributed by atoms with E-state index in [2.05, 4.69) is 19.1 Å². The van der Waals surface area contributed by atoms with Gasteiger partial charge in [0.15, 0.2) is 5.60 Å². The lowest BCUT2D eigenvalue weighted by molar-refractivity contribution is -0.160. The minimum Gasteiger partial charge on any atom is -0.479 e. The molecule has 0 fully saturated rings. The Balaban J connectivity index is 2.01. The van der Waals surface area contributed by atoms with Gasteiger partial charge in [0.05, 0.1) is 0 Å². The van der Waals surface area contributed by atoms with Crippen LogP contribution >= 0.6 is 0 Å². The summed E-state index contributed by atoms with van der Waals surface area (Å²) in [6.45, 7) is 2.26. The molecule has 0 heterocycles. The Kier molecular flexibility index (Phi) is 14.2. The molecular formula is C26H42O3. The third-order valence-corrected chi connectivity index (χ3v) is 5.66. The van der Waals surface area contributed by atoms with Crippen LogP contribution in [-0.4, -0.2) is 16.2 Å². The van der Waals surface area contributed by atoms with Gasteiger partial charge in [-0.3, -0.25) is 0 Å². The second kappa shape index (κ2) is 16.2. The van der Waals surface area contributed by atoms with Crippen LogP contribution in [0.2, 0.25) is 0 Å². The van der Waals surface area contributed by atoms with Gasteiger partial charge in [-0.2, -0.15) is 0 Å². The first-order chi connectivity index (χ1) is 14.1. The quantitative estimate of drug-likeness (QED) is 0.199. The summed E-state index contributed by atoms with van der Waals surface area (Å²) in [5.41, 5.74) is -1.29. The number of aliphatic hydroxyl groups is 1. The largest absolute Gasteiger partial charge is 0.479 e. The predicted molar refractivity (Wildman–Crippen MR) is 122 cm³/mol. The van der Waals surface area contributed by atoms with Crippen LogP contribution in [0.25, 0.3) is 0 Å². The Hall–Kier alpha value is -1.61. The number of allylic oxidation sites excluding steroid dienone is 2. The molecule has 0 aliphatic heterocycles. The van der Waals surface area contributed by atoms with Gasteiger partial charge in [0.1, 0.15) is 0 Å². The third-order valence-electron chi connectivity index (χ3n) is 5.66. The normalized spacial score (nSPS) is 13.6. The lowest BCUT2D eigenvalue weighted by Crippen LogP contribution is -2.35. The van der Waals surface area contributed by atoms with Crippen molar-refractivity contribution in [3.8, 4) is 0 Å². The molecule has 0 saturated carbocycles. The minimum absolute atomic E-state index is 0.271. The van der Waals surface area contributed by atoms with Crippen molar-refractivity contribution in [1.29, 1.82) is 0 Å². The summed E-state index contributed by atoms with van der Waals surface area (Å²) in [6.07, 6.45) is 21.9. The lowest BCUT2D eigenvalue weighted by Gasteiger charge is -2.23. The van der Waals surface area contributed by atoms with Gasteiger partial charge in [-0.25, -0.2) is 4.79 Å². The van der Waals surface area contributed by atoms with Crippen LogP contribution in [0.5, 0.6) is 0 Å². The molecule has 0 aromatic heterocycles. The summed E-state index contributed by atoms with van der Waals surface area (Å²) in [5, 5.41) is 20.0. The molecule has 164 valence electrons. The van der Waals surface area contributed by atoms with Gasteiger partial charge >= 0.3 is 5.97 Å². The van der Waals surface area contributed by atoms with Gasteiger partial charge in [-0.15, -0.1) is 0 Å². The Morgan fingerprint density at radius 1 is 0.793 bits per heavy atom. The van der Waals surface area contributed by atoms with Gasteiger partial charge in [0.2, 0.25) is 0 Å². The van der Waals surface area contributed by atoms with Crippen molar-refractivity contribution < 1.29 is 15.0 Å². The topological polar surface area (TPSA) is 57.5 Å². The molecule has 1 rings (SSSR count). The molecule has 0 spiro atoms. The maximum atomic E-state index is 11.6. The molecule has 0 bridgehead atoms. The second-order valence-corrected chi connectivity index (χ2v) is 8.22. The highest BCUT2D eigenvalue weighted by molar-refractivity contribution is 5.79. The number of carbonyl (C=O) groups is 1. The fourth-order valence-electron chi connectivity index (χ4n) is 3.72. The fourth-order valence-corrected chi connectivity index (χ4v) is 3.72. The monoisotopic (exact) mass is 402 g/mol. The first kappa shape index (κ1) is 25.4. The summed E-state index contributed by atoms with van der Waals surface area (Å²) < 4.78 is 0. The van der Waals surface area contributed by atoms with Crippen LogP contribution in [0.15, 0.2) is 42.5 Å². The van der Waals surface area contributed by atoms with Crippen LogP contribution < -0.4 is 0 Å². The zero-order valence-electron chi connectivity index (χ0n) is 18.5. The van der Waals surface area contributed by atoms with Gasteiger partial charge < -0.3 is 10.2 Å². The zero-order valence-corrected chi connectivity index (χ0v) is 18.5. The predicted octanol–water partition coefficient (Wildman–Crippen LogP) is 7.39. The van der Waals surface area contributed by atoms with E-state index in [1.165, 1.54) is 70.6 Å². The van der Waals surface area contributed by atoms with E-state index in [1.54, 1.807) is 24.3 Å². The molecule has 0 saturated heterocycles. The smallest absolute Gasteiger partial charge is 0.340 e. The molecule has 0 radical (unpaired) electrons. The van der Waals surface area contributed by atoms with Crippen molar-refractivity contribution in [2.24, 2.45) is 0 Å². The van der Waals surface area contributed by atoms with Crippen LogP contribution in [0, 0.1) is 0 Å².